The first-order valence-electron chi connectivity index (χ1n) is 12.2. The van der Waals surface area contributed by atoms with Gasteiger partial charge in [-0.05, 0) is 66.1 Å². The van der Waals surface area contributed by atoms with Crippen LogP contribution in [0.1, 0.15) is 40.1 Å². The smallest absolute Gasteiger partial charge is 0.255 e. The third kappa shape index (κ3) is 6.18. The molecule has 3 aromatic rings. The quantitative estimate of drug-likeness (QED) is 0.410. The van der Waals surface area contributed by atoms with Crippen molar-refractivity contribution in [3.05, 3.63) is 77.4 Å². The summed E-state index contributed by atoms with van der Waals surface area (Å²) < 4.78 is 21.4. The van der Waals surface area contributed by atoms with Gasteiger partial charge in [0, 0.05) is 29.9 Å². The highest BCUT2D eigenvalue weighted by Gasteiger charge is 2.26. The fourth-order valence-electron chi connectivity index (χ4n) is 4.14. The van der Waals surface area contributed by atoms with Crippen molar-refractivity contribution < 1.29 is 28.5 Å². The summed E-state index contributed by atoms with van der Waals surface area (Å²) in [6.45, 7) is 5.37. The van der Waals surface area contributed by atoms with Crippen molar-refractivity contribution in [2.75, 3.05) is 39.4 Å². The van der Waals surface area contributed by atoms with Crippen molar-refractivity contribution in [1.82, 2.24) is 4.90 Å². The van der Waals surface area contributed by atoms with E-state index in [0.29, 0.717) is 59.4 Å². The number of nitrogens with zero attached hydrogens (tertiary/aromatic N) is 1. The Morgan fingerprint density at radius 1 is 0.947 bits per heavy atom. The summed E-state index contributed by atoms with van der Waals surface area (Å²) in [6.07, 6.45) is 0. The fourth-order valence-corrected chi connectivity index (χ4v) is 4.14. The summed E-state index contributed by atoms with van der Waals surface area (Å²) >= 11 is 0. The third-order valence-electron chi connectivity index (χ3n) is 6.28. The molecule has 3 aromatic carbocycles. The Balaban J connectivity index is 1.54. The lowest BCUT2D eigenvalue weighted by atomic mass is 9.92. The molecular formula is C29H33N3O6. The Kier molecular flexibility index (Phi) is 8.07. The summed E-state index contributed by atoms with van der Waals surface area (Å²) in [4.78, 5) is 28.3. The van der Waals surface area contributed by atoms with E-state index in [2.05, 4.69) is 5.32 Å². The number of fused-ring (bicyclic) bond motifs is 1. The van der Waals surface area contributed by atoms with Crippen LogP contribution in [0, 0.1) is 5.41 Å². The van der Waals surface area contributed by atoms with Gasteiger partial charge in [-0.15, -0.1) is 0 Å². The highest BCUT2D eigenvalue weighted by molar-refractivity contribution is 6.04. The summed E-state index contributed by atoms with van der Waals surface area (Å²) in [5.74, 6) is 1.74. The Bertz CT molecular complexity index is 1320. The lowest BCUT2D eigenvalue weighted by molar-refractivity contribution is 0.0672. The molecule has 200 valence electrons. The maximum absolute atomic E-state index is 13.6. The summed E-state index contributed by atoms with van der Waals surface area (Å²) in [6, 6.07) is 17.6. The Hall–Kier alpha value is -4.24. The lowest BCUT2D eigenvalue weighted by Crippen LogP contribution is -2.41. The number of nitrogens with one attached hydrogen (secondary N) is 1. The van der Waals surface area contributed by atoms with E-state index < -0.39 is 0 Å². The van der Waals surface area contributed by atoms with E-state index in [0.717, 1.165) is 5.56 Å². The molecule has 0 fully saturated rings. The number of nitrogens with two attached hydrogens (primary N) is 1. The Morgan fingerprint density at radius 3 is 2.42 bits per heavy atom. The van der Waals surface area contributed by atoms with E-state index in [4.69, 9.17) is 24.7 Å². The molecule has 2 amide bonds. The molecule has 0 unspecified atom stereocenters. The maximum Gasteiger partial charge on any atom is 0.255 e. The van der Waals surface area contributed by atoms with Crippen LogP contribution in [0.3, 0.4) is 0 Å². The molecule has 1 heterocycles. The minimum atomic E-state index is -0.300. The van der Waals surface area contributed by atoms with Crippen LogP contribution in [0.5, 0.6) is 23.0 Å². The zero-order chi connectivity index (χ0) is 27.3. The molecule has 0 saturated carbocycles. The van der Waals surface area contributed by atoms with E-state index in [-0.39, 0.29) is 24.0 Å². The number of hydrogen-bond acceptors (Lipinski definition) is 7. The van der Waals surface area contributed by atoms with Gasteiger partial charge in [0.1, 0.15) is 0 Å². The highest BCUT2D eigenvalue weighted by atomic mass is 16.7. The average molecular weight is 520 g/mol. The number of anilines is 1. The van der Waals surface area contributed by atoms with E-state index in [1.807, 2.05) is 32.0 Å². The van der Waals surface area contributed by atoms with E-state index in [1.54, 1.807) is 47.4 Å². The van der Waals surface area contributed by atoms with Crippen LogP contribution in [0.15, 0.2) is 60.7 Å². The lowest BCUT2D eigenvalue weighted by Gasteiger charge is -2.32. The largest absolute Gasteiger partial charge is 0.493 e. The van der Waals surface area contributed by atoms with Crippen LogP contribution in [0.25, 0.3) is 0 Å². The highest BCUT2D eigenvalue weighted by Crippen LogP contribution is 2.33. The second kappa shape index (κ2) is 11.4. The first kappa shape index (κ1) is 26.8. The molecule has 9 nitrogen and oxygen atoms in total. The number of rotatable bonds is 10. The Morgan fingerprint density at radius 2 is 1.68 bits per heavy atom. The molecular weight excluding hydrogens is 486 g/mol. The maximum atomic E-state index is 13.6. The van der Waals surface area contributed by atoms with Crippen LogP contribution in [0.4, 0.5) is 5.69 Å². The predicted molar refractivity (Wildman–Crippen MR) is 144 cm³/mol. The second-order valence-corrected chi connectivity index (χ2v) is 9.82. The molecule has 0 aliphatic carbocycles. The summed E-state index contributed by atoms with van der Waals surface area (Å²) in [5.41, 5.74) is 8.09. The zero-order valence-corrected chi connectivity index (χ0v) is 22.1. The number of hydrogen-bond donors (Lipinski definition) is 2. The second-order valence-electron chi connectivity index (χ2n) is 9.82. The summed E-state index contributed by atoms with van der Waals surface area (Å²) in [5, 5.41) is 2.92. The van der Waals surface area contributed by atoms with Gasteiger partial charge in [-0.3, -0.25) is 9.59 Å². The van der Waals surface area contributed by atoms with Crippen molar-refractivity contribution in [2.45, 2.75) is 20.4 Å². The van der Waals surface area contributed by atoms with E-state index >= 15 is 0 Å². The van der Waals surface area contributed by atoms with Crippen LogP contribution in [0.2, 0.25) is 0 Å². The fraction of sp³-hybridized carbons (Fsp3) is 0.310. The first-order chi connectivity index (χ1) is 18.2. The van der Waals surface area contributed by atoms with Gasteiger partial charge in [0.05, 0.1) is 14.2 Å². The van der Waals surface area contributed by atoms with Gasteiger partial charge in [0.15, 0.2) is 23.0 Å². The molecule has 0 aromatic heterocycles. The van der Waals surface area contributed by atoms with Gasteiger partial charge in [-0.25, -0.2) is 0 Å². The molecule has 0 bridgehead atoms. The molecule has 0 atom stereocenters. The molecule has 1 aliphatic heterocycles. The van der Waals surface area contributed by atoms with Gasteiger partial charge >= 0.3 is 0 Å². The van der Waals surface area contributed by atoms with Gasteiger partial charge in [-0.1, -0.05) is 26.0 Å². The first-order valence-corrected chi connectivity index (χ1v) is 12.2. The minimum Gasteiger partial charge on any atom is -0.493 e. The van der Waals surface area contributed by atoms with Gasteiger partial charge < -0.3 is 34.9 Å². The molecule has 0 spiro atoms. The predicted octanol–water partition coefficient (Wildman–Crippen LogP) is 4.31. The number of carbonyl (C=O) groups excluding carboxylic acids is 2. The van der Waals surface area contributed by atoms with Gasteiger partial charge in [0.2, 0.25) is 6.79 Å². The molecule has 9 heteroatoms. The number of benzene rings is 3. The molecule has 38 heavy (non-hydrogen) atoms. The minimum absolute atomic E-state index is 0.138. The number of methoxy groups -OCH3 is 2. The van der Waals surface area contributed by atoms with Crippen LogP contribution >= 0.6 is 0 Å². The molecule has 1 aliphatic rings. The topological polar surface area (TPSA) is 112 Å². The molecule has 3 N–H and O–H groups in total. The van der Waals surface area contributed by atoms with E-state index in [1.165, 1.54) is 14.2 Å². The van der Waals surface area contributed by atoms with Crippen molar-refractivity contribution in [3.8, 4) is 23.0 Å². The molecule has 4 rings (SSSR count). The number of ether oxygens (including phenoxy) is 4. The van der Waals surface area contributed by atoms with Gasteiger partial charge in [0.25, 0.3) is 11.8 Å². The van der Waals surface area contributed by atoms with Crippen molar-refractivity contribution in [1.29, 1.82) is 0 Å². The number of amides is 2. The molecule has 0 radical (unpaired) electrons. The monoisotopic (exact) mass is 519 g/mol. The Labute approximate surface area is 222 Å². The zero-order valence-electron chi connectivity index (χ0n) is 22.1. The van der Waals surface area contributed by atoms with Crippen LogP contribution < -0.4 is 30.0 Å². The van der Waals surface area contributed by atoms with Crippen molar-refractivity contribution in [2.24, 2.45) is 11.1 Å². The van der Waals surface area contributed by atoms with Gasteiger partial charge in [-0.2, -0.15) is 0 Å². The average Bonchev–Trinajstić information content (AvgIpc) is 3.40. The third-order valence-corrected chi connectivity index (χ3v) is 6.28. The van der Waals surface area contributed by atoms with Crippen LogP contribution in [-0.2, 0) is 6.54 Å². The normalized spacial score (nSPS) is 12.1. The van der Waals surface area contributed by atoms with Crippen molar-refractivity contribution in [3.63, 3.8) is 0 Å². The SMILES string of the molecule is COc1ccc(C(=O)Nc2cccc(CN(CC(C)(C)CN)C(=O)c3ccc4c(c3)OCO4)c2)cc1OC. The number of carbonyl (C=O) groups is 2. The molecule has 0 saturated heterocycles. The van der Waals surface area contributed by atoms with Crippen molar-refractivity contribution >= 4 is 17.5 Å². The van der Waals surface area contributed by atoms with E-state index in [9.17, 15) is 9.59 Å². The summed E-state index contributed by atoms with van der Waals surface area (Å²) in [7, 11) is 3.06. The standard InChI is InChI=1S/C29H33N3O6/c1-29(2,16-30)17-32(28(34)21-9-11-24-26(14-21)38-18-37-24)15-19-6-5-7-22(12-19)31-27(33)20-8-10-23(35-3)25(13-20)36-4/h5-14H,15-18,30H2,1-4H3,(H,31,33). The van der Waals surface area contributed by atoms with Crippen LogP contribution in [-0.4, -0.2) is 50.8 Å².